The van der Waals surface area contributed by atoms with Gasteiger partial charge in [0.05, 0.1) is 0 Å². The third kappa shape index (κ3) is 0.383. The molecule has 0 aromatic heterocycles. The molecule has 0 aromatic rings. The first-order chi connectivity index (χ1) is 6.03. The zero-order valence-electron chi connectivity index (χ0n) is 9.22. The maximum atomic E-state index is 2.60. The summed E-state index contributed by atoms with van der Waals surface area (Å²) in [6, 6.07) is 0. The van der Waals surface area contributed by atoms with Crippen molar-refractivity contribution in [1.82, 2.24) is 0 Å². The van der Waals surface area contributed by atoms with Crippen LogP contribution in [0.1, 0.15) is 40.5 Å². The molecular formula is C13H20. The molecule has 0 heteroatoms. The summed E-state index contributed by atoms with van der Waals surface area (Å²) < 4.78 is 0. The fourth-order valence-corrected chi connectivity index (χ4v) is 6.14. The molecule has 2 spiro atoms. The Balaban J connectivity index is 1.66. The maximum absolute atomic E-state index is 2.60. The van der Waals surface area contributed by atoms with Gasteiger partial charge in [0, 0.05) is 0 Å². The van der Waals surface area contributed by atoms with Gasteiger partial charge >= 0.3 is 0 Å². The van der Waals surface area contributed by atoms with Crippen molar-refractivity contribution in [3.05, 3.63) is 0 Å². The topological polar surface area (TPSA) is 0 Å². The maximum Gasteiger partial charge on any atom is -0.0162 e. The summed E-state index contributed by atoms with van der Waals surface area (Å²) in [5.41, 5.74) is 2.62. The first kappa shape index (κ1) is 7.31. The van der Waals surface area contributed by atoms with Crippen LogP contribution in [-0.4, -0.2) is 0 Å². The molecule has 0 N–H and O–H groups in total. The lowest BCUT2D eigenvalue weighted by Crippen LogP contribution is -2.45. The van der Waals surface area contributed by atoms with E-state index in [2.05, 4.69) is 27.7 Å². The average Bonchev–Trinajstić information content (AvgIpc) is 2.96. The molecule has 0 heterocycles. The third-order valence-electron chi connectivity index (χ3n) is 7.06. The van der Waals surface area contributed by atoms with Gasteiger partial charge in [0.15, 0.2) is 0 Å². The predicted octanol–water partition coefficient (Wildman–Crippen LogP) is 3.32. The van der Waals surface area contributed by atoms with Gasteiger partial charge in [-0.05, 0) is 52.8 Å². The highest BCUT2D eigenvalue weighted by Gasteiger charge is 3.06. The minimum Gasteiger partial charge on any atom is -0.0622 e. The number of rotatable bonds is 0. The normalized spacial score (nSPS) is 82.2. The van der Waals surface area contributed by atoms with Crippen molar-refractivity contribution in [2.45, 2.75) is 40.5 Å². The van der Waals surface area contributed by atoms with Gasteiger partial charge in [0.1, 0.15) is 0 Å². The van der Waals surface area contributed by atoms with Crippen LogP contribution < -0.4 is 0 Å². The molecule has 0 nitrogen and oxygen atoms in total. The zero-order chi connectivity index (χ0) is 9.22. The van der Waals surface area contributed by atoms with Gasteiger partial charge in [-0.1, -0.05) is 27.7 Å². The molecule has 0 saturated heterocycles. The van der Waals surface area contributed by atoms with Gasteiger partial charge < -0.3 is 0 Å². The number of hydrogen-bond acceptors (Lipinski definition) is 0. The smallest absolute Gasteiger partial charge is 0.0162 e. The van der Waals surface area contributed by atoms with Crippen LogP contribution in [0.4, 0.5) is 0 Å². The van der Waals surface area contributed by atoms with Crippen LogP contribution in [0.2, 0.25) is 0 Å². The van der Waals surface area contributed by atoms with Crippen LogP contribution in [0, 0.1) is 39.9 Å². The van der Waals surface area contributed by atoms with E-state index in [0.717, 1.165) is 34.0 Å². The molecule has 72 valence electrons. The molecule has 4 fully saturated rings. The van der Waals surface area contributed by atoms with Gasteiger partial charge in [-0.2, -0.15) is 0 Å². The van der Waals surface area contributed by atoms with Gasteiger partial charge in [-0.25, -0.2) is 0 Å². The SMILES string of the molecule is CC1CC2(C1C)C1C3(CC3C)C12C. The average molecular weight is 176 g/mol. The van der Waals surface area contributed by atoms with Crippen LogP contribution in [-0.2, 0) is 0 Å². The molecule has 7 unspecified atom stereocenters. The Hall–Kier alpha value is 0. The molecule has 4 saturated carbocycles. The van der Waals surface area contributed by atoms with E-state index < -0.39 is 0 Å². The van der Waals surface area contributed by atoms with Gasteiger partial charge in [0.25, 0.3) is 0 Å². The van der Waals surface area contributed by atoms with Crippen molar-refractivity contribution in [3.63, 3.8) is 0 Å². The zero-order valence-corrected chi connectivity index (χ0v) is 9.22. The second kappa shape index (κ2) is 1.42. The summed E-state index contributed by atoms with van der Waals surface area (Å²) in [6.45, 7) is 10.0. The minimum absolute atomic E-state index is 0.839. The fraction of sp³-hybridized carbons (Fsp3) is 1.00. The van der Waals surface area contributed by atoms with E-state index in [1.807, 2.05) is 0 Å². The van der Waals surface area contributed by atoms with Crippen molar-refractivity contribution in [3.8, 4) is 0 Å². The van der Waals surface area contributed by atoms with Crippen molar-refractivity contribution in [1.29, 1.82) is 0 Å². The Morgan fingerprint density at radius 2 is 1.54 bits per heavy atom. The highest BCUT2D eigenvalue weighted by molar-refractivity contribution is 5.53. The van der Waals surface area contributed by atoms with Gasteiger partial charge in [0.2, 0.25) is 0 Å². The molecule has 0 aromatic carbocycles. The Bertz CT molecular complexity index is 316. The largest absolute Gasteiger partial charge is 0.0622 e. The molecular weight excluding hydrogens is 156 g/mol. The van der Waals surface area contributed by atoms with Crippen LogP contribution in [0.25, 0.3) is 0 Å². The summed E-state index contributed by atoms with van der Waals surface area (Å²) in [6.07, 6.45) is 3.13. The molecule has 0 radical (unpaired) electrons. The molecule has 0 amide bonds. The van der Waals surface area contributed by atoms with Gasteiger partial charge in [-0.3, -0.25) is 0 Å². The van der Waals surface area contributed by atoms with E-state index in [1.165, 1.54) is 5.92 Å². The number of fused-ring (bicyclic) bond motifs is 5. The van der Waals surface area contributed by atoms with Crippen molar-refractivity contribution in [2.75, 3.05) is 0 Å². The molecule has 4 rings (SSSR count). The first-order valence-corrected chi connectivity index (χ1v) is 6.03. The molecule has 13 heavy (non-hydrogen) atoms. The fourth-order valence-electron chi connectivity index (χ4n) is 6.14. The molecule has 0 aliphatic heterocycles. The van der Waals surface area contributed by atoms with Crippen LogP contribution >= 0.6 is 0 Å². The first-order valence-electron chi connectivity index (χ1n) is 6.03. The van der Waals surface area contributed by atoms with Crippen LogP contribution in [0.5, 0.6) is 0 Å². The van der Waals surface area contributed by atoms with E-state index >= 15 is 0 Å². The minimum atomic E-state index is 0.839. The summed E-state index contributed by atoms with van der Waals surface area (Å²) in [4.78, 5) is 0. The van der Waals surface area contributed by atoms with Crippen molar-refractivity contribution < 1.29 is 0 Å². The highest BCUT2D eigenvalue weighted by Crippen LogP contribution is 3.10. The molecule has 7 atom stereocenters. The summed E-state index contributed by atoms with van der Waals surface area (Å²) >= 11 is 0. The monoisotopic (exact) mass is 176 g/mol. The number of hydrogen-bond donors (Lipinski definition) is 0. The lowest BCUT2D eigenvalue weighted by molar-refractivity contribution is -0.0265. The van der Waals surface area contributed by atoms with Crippen LogP contribution in [0.3, 0.4) is 0 Å². The van der Waals surface area contributed by atoms with Crippen molar-refractivity contribution in [2.24, 2.45) is 39.9 Å². The Morgan fingerprint density at radius 3 is 1.85 bits per heavy atom. The van der Waals surface area contributed by atoms with Crippen LogP contribution in [0.15, 0.2) is 0 Å². The van der Waals surface area contributed by atoms with Gasteiger partial charge in [-0.15, -0.1) is 0 Å². The Morgan fingerprint density at radius 1 is 1.00 bits per heavy atom. The quantitative estimate of drug-likeness (QED) is 0.531. The van der Waals surface area contributed by atoms with E-state index in [4.69, 9.17) is 0 Å². The van der Waals surface area contributed by atoms with E-state index in [0.29, 0.717) is 0 Å². The Labute approximate surface area is 81.1 Å². The molecule has 4 aliphatic rings. The standard InChI is InChI=1S/C13H20/c1-7-5-13(9(7)3)10-11(13,4)12(10)6-8(12)2/h7-10H,5-6H2,1-4H3. The van der Waals surface area contributed by atoms with E-state index in [-0.39, 0.29) is 0 Å². The highest BCUT2D eigenvalue weighted by atomic mass is 15.1. The summed E-state index contributed by atoms with van der Waals surface area (Å²) in [7, 11) is 0. The van der Waals surface area contributed by atoms with E-state index in [9.17, 15) is 0 Å². The second-order valence-electron chi connectivity index (χ2n) is 6.79. The van der Waals surface area contributed by atoms with Crippen molar-refractivity contribution >= 4 is 0 Å². The molecule has 4 aliphatic carbocycles. The lowest BCUT2D eigenvalue weighted by Gasteiger charge is -2.50. The lowest BCUT2D eigenvalue weighted by atomic mass is 9.54. The Kier molecular flexibility index (Phi) is 0.798. The molecule has 0 bridgehead atoms. The summed E-state index contributed by atoms with van der Waals surface area (Å²) in [5.74, 6) is 4.32. The van der Waals surface area contributed by atoms with E-state index in [1.54, 1.807) is 12.8 Å². The summed E-state index contributed by atoms with van der Waals surface area (Å²) in [5, 5.41) is 0. The third-order valence-corrected chi connectivity index (χ3v) is 7.06. The second-order valence-corrected chi connectivity index (χ2v) is 6.79. The predicted molar refractivity (Wildman–Crippen MR) is 53.2 cm³/mol.